The molecule has 27 heavy (non-hydrogen) atoms. The average Bonchev–Trinajstić information content (AvgIpc) is 2.64. The molecule has 1 aliphatic heterocycles. The normalized spacial score (nSPS) is 15.3. The Labute approximate surface area is 160 Å². The van der Waals surface area contributed by atoms with Crippen LogP contribution in [-0.2, 0) is 4.79 Å². The maximum absolute atomic E-state index is 12.4. The summed E-state index contributed by atoms with van der Waals surface area (Å²) in [6, 6.07) is 7.96. The van der Waals surface area contributed by atoms with Crippen LogP contribution in [0, 0.1) is 20.8 Å². The molecule has 0 bridgehead atoms. The summed E-state index contributed by atoms with van der Waals surface area (Å²) in [6.07, 6.45) is 3.38. The van der Waals surface area contributed by atoms with Crippen molar-refractivity contribution in [2.24, 2.45) is 0 Å². The van der Waals surface area contributed by atoms with Crippen LogP contribution in [0.5, 0.6) is 0 Å². The molecule has 1 saturated heterocycles. The van der Waals surface area contributed by atoms with Gasteiger partial charge in [0.05, 0.1) is 17.1 Å². The molecule has 2 heterocycles. The van der Waals surface area contributed by atoms with Crippen LogP contribution in [-0.4, -0.2) is 54.0 Å². The van der Waals surface area contributed by atoms with Crippen molar-refractivity contribution in [2.45, 2.75) is 20.8 Å². The number of hydrogen-bond donors (Lipinski definition) is 1. The van der Waals surface area contributed by atoms with Gasteiger partial charge in [-0.05, 0) is 45.0 Å². The Morgan fingerprint density at radius 1 is 1.04 bits per heavy atom. The highest BCUT2D eigenvalue weighted by molar-refractivity contribution is 6.02. The number of piperazine rings is 1. The summed E-state index contributed by atoms with van der Waals surface area (Å²) in [5.74, 6) is 0.562. The van der Waals surface area contributed by atoms with E-state index in [2.05, 4.69) is 32.1 Å². The number of carbonyl (C=O) groups excluding carboxylic acids is 1. The van der Waals surface area contributed by atoms with Crippen LogP contribution >= 0.6 is 0 Å². The third-order valence-electron chi connectivity index (χ3n) is 4.90. The van der Waals surface area contributed by atoms with E-state index in [0.29, 0.717) is 5.69 Å². The van der Waals surface area contributed by atoms with Gasteiger partial charge < -0.3 is 15.1 Å². The molecule has 0 aliphatic carbocycles. The van der Waals surface area contributed by atoms with E-state index in [1.165, 1.54) is 0 Å². The molecule has 0 spiro atoms. The van der Waals surface area contributed by atoms with E-state index < -0.39 is 0 Å². The van der Waals surface area contributed by atoms with E-state index in [9.17, 15) is 4.79 Å². The second-order valence-electron chi connectivity index (χ2n) is 7.04. The Hall–Kier alpha value is -2.73. The highest BCUT2D eigenvalue weighted by Crippen LogP contribution is 2.21. The summed E-state index contributed by atoms with van der Waals surface area (Å²) in [5.41, 5.74) is 4.42. The van der Waals surface area contributed by atoms with Gasteiger partial charge in [0.15, 0.2) is 0 Å². The number of amides is 1. The number of hydrogen-bond acceptors (Lipinski definition) is 5. The Morgan fingerprint density at radius 3 is 2.30 bits per heavy atom. The summed E-state index contributed by atoms with van der Waals surface area (Å²) in [4.78, 5) is 26.1. The second-order valence-corrected chi connectivity index (χ2v) is 7.04. The van der Waals surface area contributed by atoms with Crippen LogP contribution in [0.15, 0.2) is 30.3 Å². The summed E-state index contributed by atoms with van der Waals surface area (Å²) >= 11 is 0. The van der Waals surface area contributed by atoms with Crippen molar-refractivity contribution in [3.63, 3.8) is 0 Å². The topological polar surface area (TPSA) is 61.4 Å². The molecule has 1 aromatic heterocycles. The molecule has 1 aliphatic rings. The molecule has 6 nitrogen and oxygen atoms in total. The fourth-order valence-electron chi connectivity index (χ4n) is 3.13. The molecule has 6 heteroatoms. The minimum atomic E-state index is -0.180. The molecular weight excluding hydrogens is 338 g/mol. The van der Waals surface area contributed by atoms with Gasteiger partial charge in [0.25, 0.3) is 0 Å². The van der Waals surface area contributed by atoms with Crippen LogP contribution in [0.25, 0.3) is 6.08 Å². The zero-order chi connectivity index (χ0) is 19.4. The fourth-order valence-corrected chi connectivity index (χ4v) is 3.13. The van der Waals surface area contributed by atoms with Crippen LogP contribution in [0.4, 0.5) is 11.6 Å². The SMILES string of the molecule is Cc1ccccc1/C=C/C(=O)Nc1c(C)nc(N2CCN(C)CC2)nc1C. The lowest BCUT2D eigenvalue weighted by atomic mass is 10.1. The van der Waals surface area contributed by atoms with Crippen molar-refractivity contribution in [2.75, 3.05) is 43.4 Å². The number of nitrogens with zero attached hydrogens (tertiary/aromatic N) is 4. The highest BCUT2D eigenvalue weighted by Gasteiger charge is 2.19. The van der Waals surface area contributed by atoms with Crippen molar-refractivity contribution < 1.29 is 4.79 Å². The number of anilines is 2. The molecule has 0 atom stereocenters. The average molecular weight is 365 g/mol. The Balaban J connectivity index is 1.71. The standard InChI is InChI=1S/C21H27N5O/c1-15-7-5-6-8-18(15)9-10-19(27)24-20-16(2)22-21(23-17(20)3)26-13-11-25(4)12-14-26/h5-10H,11-14H2,1-4H3,(H,24,27)/b10-9+. The molecule has 2 aromatic rings. The van der Waals surface area contributed by atoms with Crippen molar-refractivity contribution in [3.8, 4) is 0 Å². The number of likely N-dealkylation sites (N-methyl/N-ethyl adjacent to an activating group) is 1. The smallest absolute Gasteiger partial charge is 0.248 e. The van der Waals surface area contributed by atoms with Gasteiger partial charge >= 0.3 is 0 Å². The van der Waals surface area contributed by atoms with Gasteiger partial charge in [-0.2, -0.15) is 0 Å². The zero-order valence-electron chi connectivity index (χ0n) is 16.5. The number of carbonyl (C=O) groups is 1. The van der Waals surface area contributed by atoms with Crippen molar-refractivity contribution in [1.29, 1.82) is 0 Å². The van der Waals surface area contributed by atoms with E-state index in [1.54, 1.807) is 6.08 Å². The summed E-state index contributed by atoms with van der Waals surface area (Å²) in [7, 11) is 2.12. The first-order valence-electron chi connectivity index (χ1n) is 9.27. The number of nitrogens with one attached hydrogen (secondary N) is 1. The number of rotatable bonds is 4. The van der Waals surface area contributed by atoms with Crippen LogP contribution in [0.1, 0.15) is 22.5 Å². The maximum Gasteiger partial charge on any atom is 0.248 e. The third-order valence-corrected chi connectivity index (χ3v) is 4.90. The minimum Gasteiger partial charge on any atom is -0.338 e. The van der Waals surface area contributed by atoms with Crippen molar-refractivity contribution >= 4 is 23.6 Å². The van der Waals surface area contributed by atoms with E-state index in [4.69, 9.17) is 0 Å². The van der Waals surface area contributed by atoms with E-state index >= 15 is 0 Å². The molecule has 0 unspecified atom stereocenters. The molecule has 1 fully saturated rings. The summed E-state index contributed by atoms with van der Waals surface area (Å²) in [5, 5.41) is 2.93. The molecule has 1 amide bonds. The van der Waals surface area contributed by atoms with E-state index in [0.717, 1.165) is 54.6 Å². The van der Waals surface area contributed by atoms with Crippen molar-refractivity contribution in [1.82, 2.24) is 14.9 Å². The molecule has 3 rings (SSSR count). The lowest BCUT2D eigenvalue weighted by Gasteiger charge is -2.32. The third kappa shape index (κ3) is 4.71. The Bertz CT molecular complexity index is 830. The predicted octanol–water partition coefficient (Wildman–Crippen LogP) is 2.81. The lowest BCUT2D eigenvalue weighted by Crippen LogP contribution is -2.45. The first kappa shape index (κ1) is 19.0. The van der Waals surface area contributed by atoms with Crippen LogP contribution in [0.2, 0.25) is 0 Å². The quantitative estimate of drug-likeness (QED) is 0.844. The van der Waals surface area contributed by atoms with Gasteiger partial charge in [-0.25, -0.2) is 9.97 Å². The van der Waals surface area contributed by atoms with E-state index in [-0.39, 0.29) is 5.91 Å². The first-order valence-corrected chi connectivity index (χ1v) is 9.27. The Kier molecular flexibility index (Phi) is 5.86. The van der Waals surface area contributed by atoms with Crippen LogP contribution < -0.4 is 10.2 Å². The lowest BCUT2D eigenvalue weighted by molar-refractivity contribution is -0.111. The van der Waals surface area contributed by atoms with Gasteiger partial charge in [-0.1, -0.05) is 24.3 Å². The van der Waals surface area contributed by atoms with Gasteiger partial charge in [0, 0.05) is 32.3 Å². The minimum absolute atomic E-state index is 0.180. The van der Waals surface area contributed by atoms with Crippen molar-refractivity contribution in [3.05, 3.63) is 52.9 Å². The van der Waals surface area contributed by atoms with E-state index in [1.807, 2.05) is 51.1 Å². The molecule has 0 radical (unpaired) electrons. The molecule has 0 saturated carbocycles. The first-order chi connectivity index (χ1) is 12.9. The van der Waals surface area contributed by atoms with Gasteiger partial charge in [-0.15, -0.1) is 0 Å². The largest absolute Gasteiger partial charge is 0.338 e. The summed E-state index contributed by atoms with van der Waals surface area (Å²) < 4.78 is 0. The Morgan fingerprint density at radius 2 is 1.67 bits per heavy atom. The predicted molar refractivity (Wildman–Crippen MR) is 110 cm³/mol. The second kappa shape index (κ2) is 8.31. The number of aryl methyl sites for hydroxylation is 3. The van der Waals surface area contributed by atoms with Gasteiger partial charge in [0.1, 0.15) is 0 Å². The molecule has 1 aromatic carbocycles. The zero-order valence-corrected chi connectivity index (χ0v) is 16.5. The molecule has 142 valence electrons. The highest BCUT2D eigenvalue weighted by atomic mass is 16.1. The van der Waals surface area contributed by atoms with Gasteiger partial charge in [-0.3, -0.25) is 4.79 Å². The number of aromatic nitrogens is 2. The number of benzene rings is 1. The van der Waals surface area contributed by atoms with Gasteiger partial charge in [0.2, 0.25) is 11.9 Å². The summed E-state index contributed by atoms with van der Waals surface area (Å²) in [6.45, 7) is 9.69. The molecular formula is C21H27N5O. The molecule has 1 N–H and O–H groups in total. The fraction of sp³-hybridized carbons (Fsp3) is 0.381. The van der Waals surface area contributed by atoms with Crippen LogP contribution in [0.3, 0.4) is 0 Å². The maximum atomic E-state index is 12.4. The monoisotopic (exact) mass is 365 g/mol.